The number of pyridine rings is 1. The highest BCUT2D eigenvalue weighted by molar-refractivity contribution is 5.96. The number of aromatic nitrogens is 5. The van der Waals surface area contributed by atoms with Gasteiger partial charge in [-0.15, -0.1) is 10.2 Å². The summed E-state index contributed by atoms with van der Waals surface area (Å²) in [6, 6.07) is 5.50. The van der Waals surface area contributed by atoms with E-state index in [1.165, 1.54) is 6.26 Å². The average Bonchev–Trinajstić information content (AvgIpc) is 3.45. The monoisotopic (exact) mass is 394 g/mol. The molecule has 4 aromatic rings. The third-order valence-electron chi connectivity index (χ3n) is 4.48. The summed E-state index contributed by atoms with van der Waals surface area (Å²) in [6.07, 6.45) is 5.66. The fourth-order valence-corrected chi connectivity index (χ4v) is 3.12. The maximum atomic E-state index is 13.1. The van der Waals surface area contributed by atoms with Gasteiger partial charge < -0.3 is 13.7 Å². The first kappa shape index (κ1) is 18.9. The Morgan fingerprint density at radius 3 is 2.86 bits per heavy atom. The normalized spacial score (nSPS) is 11.4. The molecule has 9 heteroatoms. The standard InChI is InChI=1S/C20H22N6O3/c1-4-7-25(12-17-23-24-19(29-17)16-6-5-8-28-16)20(27)15-9-14-11-22-26(13(2)3)18(14)21-10-15/h5-6,8-11,13H,4,7,12H2,1-3H3. The first-order valence-corrected chi connectivity index (χ1v) is 9.55. The number of hydrogen-bond donors (Lipinski definition) is 0. The number of nitrogens with zero attached hydrogens (tertiary/aromatic N) is 6. The summed E-state index contributed by atoms with van der Waals surface area (Å²) in [4.78, 5) is 19.2. The van der Waals surface area contributed by atoms with Crippen molar-refractivity contribution in [1.29, 1.82) is 0 Å². The molecule has 4 aromatic heterocycles. The zero-order chi connectivity index (χ0) is 20.4. The number of carbonyl (C=O) groups excluding carboxylic acids is 1. The zero-order valence-corrected chi connectivity index (χ0v) is 16.6. The summed E-state index contributed by atoms with van der Waals surface area (Å²) in [6.45, 7) is 6.86. The number of fused-ring (bicyclic) bond motifs is 1. The van der Waals surface area contributed by atoms with Crippen molar-refractivity contribution in [2.24, 2.45) is 0 Å². The van der Waals surface area contributed by atoms with Crippen LogP contribution in [0.2, 0.25) is 0 Å². The van der Waals surface area contributed by atoms with Crippen LogP contribution in [0.15, 0.2) is 45.7 Å². The largest absolute Gasteiger partial charge is 0.459 e. The SMILES string of the molecule is CCCN(Cc1nnc(-c2ccco2)o1)C(=O)c1cnc2c(cnn2C(C)C)c1. The molecule has 4 heterocycles. The maximum Gasteiger partial charge on any atom is 0.283 e. The highest BCUT2D eigenvalue weighted by Gasteiger charge is 2.21. The van der Waals surface area contributed by atoms with Crippen LogP contribution in [0.1, 0.15) is 49.5 Å². The van der Waals surface area contributed by atoms with E-state index < -0.39 is 0 Å². The van der Waals surface area contributed by atoms with Gasteiger partial charge in [0.05, 0.1) is 24.6 Å². The molecule has 0 fully saturated rings. The van der Waals surface area contributed by atoms with Crippen molar-refractivity contribution in [3.63, 3.8) is 0 Å². The minimum absolute atomic E-state index is 0.142. The van der Waals surface area contributed by atoms with Gasteiger partial charge in [0.1, 0.15) is 0 Å². The van der Waals surface area contributed by atoms with Crippen LogP contribution >= 0.6 is 0 Å². The van der Waals surface area contributed by atoms with Crippen molar-refractivity contribution in [1.82, 2.24) is 29.9 Å². The van der Waals surface area contributed by atoms with Crippen LogP contribution in [-0.4, -0.2) is 42.3 Å². The molecule has 0 unspecified atom stereocenters. The fourth-order valence-electron chi connectivity index (χ4n) is 3.12. The van der Waals surface area contributed by atoms with Gasteiger partial charge in [-0.2, -0.15) is 5.10 Å². The van der Waals surface area contributed by atoms with Gasteiger partial charge in [0.2, 0.25) is 5.89 Å². The van der Waals surface area contributed by atoms with E-state index >= 15 is 0 Å². The van der Waals surface area contributed by atoms with E-state index in [1.807, 2.05) is 31.5 Å². The lowest BCUT2D eigenvalue weighted by atomic mass is 10.2. The number of hydrogen-bond acceptors (Lipinski definition) is 7. The summed E-state index contributed by atoms with van der Waals surface area (Å²) in [5.74, 6) is 0.989. The topological polar surface area (TPSA) is 103 Å². The van der Waals surface area contributed by atoms with Crippen LogP contribution in [0.3, 0.4) is 0 Å². The Morgan fingerprint density at radius 2 is 2.14 bits per heavy atom. The van der Waals surface area contributed by atoms with Gasteiger partial charge in [-0.3, -0.25) is 4.79 Å². The molecule has 150 valence electrons. The van der Waals surface area contributed by atoms with Crippen molar-refractivity contribution in [3.8, 4) is 11.7 Å². The Morgan fingerprint density at radius 1 is 1.28 bits per heavy atom. The second-order valence-electron chi connectivity index (χ2n) is 7.02. The maximum absolute atomic E-state index is 13.1. The molecular weight excluding hydrogens is 372 g/mol. The third-order valence-corrected chi connectivity index (χ3v) is 4.48. The molecule has 0 atom stereocenters. The molecule has 0 spiro atoms. The van der Waals surface area contributed by atoms with Gasteiger partial charge in [-0.1, -0.05) is 6.92 Å². The van der Waals surface area contributed by atoms with Crippen LogP contribution in [0.25, 0.3) is 22.7 Å². The molecule has 29 heavy (non-hydrogen) atoms. The van der Waals surface area contributed by atoms with Crippen LogP contribution in [-0.2, 0) is 6.54 Å². The Hall–Kier alpha value is -3.49. The molecule has 0 N–H and O–H groups in total. The van der Waals surface area contributed by atoms with Gasteiger partial charge in [-0.05, 0) is 38.5 Å². The minimum atomic E-state index is -0.142. The van der Waals surface area contributed by atoms with Crippen molar-refractivity contribution >= 4 is 16.9 Å². The molecule has 0 aliphatic rings. The molecule has 0 bridgehead atoms. The Kier molecular flexibility index (Phi) is 5.11. The molecular formula is C20H22N6O3. The van der Waals surface area contributed by atoms with Crippen molar-refractivity contribution in [2.45, 2.75) is 39.8 Å². The number of carbonyl (C=O) groups is 1. The lowest BCUT2D eigenvalue weighted by Crippen LogP contribution is -2.31. The van der Waals surface area contributed by atoms with E-state index in [2.05, 4.69) is 20.3 Å². The molecule has 0 aliphatic carbocycles. The third kappa shape index (κ3) is 3.75. The quantitative estimate of drug-likeness (QED) is 0.471. The van der Waals surface area contributed by atoms with Gasteiger partial charge in [0, 0.05) is 24.2 Å². The summed E-state index contributed by atoms with van der Waals surface area (Å²) in [5.41, 5.74) is 1.26. The van der Waals surface area contributed by atoms with Gasteiger partial charge in [0.25, 0.3) is 11.8 Å². The highest BCUT2D eigenvalue weighted by Crippen LogP contribution is 2.20. The van der Waals surface area contributed by atoms with E-state index in [0.717, 1.165) is 17.5 Å². The van der Waals surface area contributed by atoms with Gasteiger partial charge in [0.15, 0.2) is 11.4 Å². The molecule has 0 saturated heterocycles. The number of rotatable bonds is 7. The van der Waals surface area contributed by atoms with Crippen LogP contribution in [0.5, 0.6) is 0 Å². The predicted octanol–water partition coefficient (Wildman–Crippen LogP) is 3.71. The van der Waals surface area contributed by atoms with Crippen molar-refractivity contribution in [2.75, 3.05) is 6.54 Å². The molecule has 0 aliphatic heterocycles. The summed E-state index contributed by atoms with van der Waals surface area (Å²) < 4.78 is 12.8. The lowest BCUT2D eigenvalue weighted by Gasteiger charge is -2.20. The average molecular weight is 394 g/mol. The van der Waals surface area contributed by atoms with Crippen LogP contribution < -0.4 is 0 Å². The van der Waals surface area contributed by atoms with E-state index in [4.69, 9.17) is 8.83 Å². The molecule has 0 aromatic carbocycles. The second kappa shape index (κ2) is 7.86. The van der Waals surface area contributed by atoms with E-state index in [-0.39, 0.29) is 24.4 Å². The number of amides is 1. The smallest absolute Gasteiger partial charge is 0.283 e. The van der Waals surface area contributed by atoms with Gasteiger partial charge >= 0.3 is 0 Å². The lowest BCUT2D eigenvalue weighted by molar-refractivity contribution is 0.0728. The molecule has 0 radical (unpaired) electrons. The second-order valence-corrected chi connectivity index (χ2v) is 7.02. The summed E-state index contributed by atoms with van der Waals surface area (Å²) in [5, 5.41) is 13.2. The van der Waals surface area contributed by atoms with Crippen LogP contribution in [0, 0.1) is 0 Å². The first-order valence-electron chi connectivity index (χ1n) is 9.55. The summed E-state index contributed by atoms with van der Waals surface area (Å²) in [7, 11) is 0. The Bertz CT molecular complexity index is 1110. The highest BCUT2D eigenvalue weighted by atomic mass is 16.4. The Labute approximate surface area is 167 Å². The first-order chi connectivity index (χ1) is 14.1. The van der Waals surface area contributed by atoms with Crippen molar-refractivity contribution < 1.29 is 13.6 Å². The molecule has 4 rings (SSSR count). The van der Waals surface area contributed by atoms with Gasteiger partial charge in [-0.25, -0.2) is 9.67 Å². The molecule has 0 saturated carbocycles. The zero-order valence-electron chi connectivity index (χ0n) is 16.6. The number of furan rings is 1. The van der Waals surface area contributed by atoms with E-state index in [9.17, 15) is 4.79 Å². The van der Waals surface area contributed by atoms with Crippen LogP contribution in [0.4, 0.5) is 0 Å². The molecule has 1 amide bonds. The van der Waals surface area contributed by atoms with E-state index in [0.29, 0.717) is 23.8 Å². The predicted molar refractivity (Wildman–Crippen MR) is 105 cm³/mol. The molecule has 9 nitrogen and oxygen atoms in total. The fraction of sp³-hybridized carbons (Fsp3) is 0.350. The summed E-state index contributed by atoms with van der Waals surface area (Å²) >= 11 is 0. The van der Waals surface area contributed by atoms with Crippen molar-refractivity contribution in [3.05, 3.63) is 48.3 Å². The Balaban J connectivity index is 1.56. The van der Waals surface area contributed by atoms with E-state index in [1.54, 1.807) is 29.4 Å². The minimum Gasteiger partial charge on any atom is -0.459 e.